The Morgan fingerprint density at radius 2 is 1.73 bits per heavy atom. The number of amides is 2. The molecule has 1 atom stereocenters. The van der Waals surface area contributed by atoms with Gasteiger partial charge in [-0.3, -0.25) is 9.59 Å². The largest absolute Gasteiger partial charge is 0.493 e. The predicted octanol–water partition coefficient (Wildman–Crippen LogP) is 4.85. The molecule has 3 aliphatic rings. The number of ether oxygens (including phenoxy) is 4. The first-order valence-electron chi connectivity index (χ1n) is 13.4. The molecule has 5 rings (SSSR count). The van der Waals surface area contributed by atoms with E-state index in [1.807, 2.05) is 48.2 Å². The minimum absolute atomic E-state index is 0.0310. The standard InChI is InChI=1S/C29H36N2O6/c1-3-14-35-23-13-11-21(16-25(23)34-2)28-29(33)30(22-8-6-4-5-7-9-22)18-27(32)31(28)17-20-10-12-24-26(15-20)37-19-36-24/h10-13,15-16,22,28H,3-9,14,17-19H2,1-2H3/t28-/m1/s1. The first-order valence-corrected chi connectivity index (χ1v) is 13.4. The Labute approximate surface area is 218 Å². The van der Waals surface area contributed by atoms with Crippen LogP contribution in [0.15, 0.2) is 36.4 Å². The van der Waals surface area contributed by atoms with Crippen LogP contribution < -0.4 is 18.9 Å². The lowest BCUT2D eigenvalue weighted by Crippen LogP contribution is -2.57. The summed E-state index contributed by atoms with van der Waals surface area (Å²) in [5, 5.41) is 0. The molecule has 37 heavy (non-hydrogen) atoms. The molecule has 0 N–H and O–H groups in total. The van der Waals surface area contributed by atoms with Gasteiger partial charge in [-0.15, -0.1) is 0 Å². The van der Waals surface area contributed by atoms with E-state index in [0.29, 0.717) is 36.1 Å². The van der Waals surface area contributed by atoms with Gasteiger partial charge < -0.3 is 28.7 Å². The number of hydrogen-bond acceptors (Lipinski definition) is 6. The van der Waals surface area contributed by atoms with Crippen molar-refractivity contribution >= 4 is 11.8 Å². The van der Waals surface area contributed by atoms with Gasteiger partial charge in [-0.2, -0.15) is 0 Å². The molecule has 0 radical (unpaired) electrons. The van der Waals surface area contributed by atoms with Gasteiger partial charge in [-0.1, -0.05) is 44.7 Å². The van der Waals surface area contributed by atoms with Crippen molar-refractivity contribution in [2.45, 2.75) is 70.5 Å². The fourth-order valence-corrected chi connectivity index (χ4v) is 5.55. The molecule has 2 aromatic rings. The maximum absolute atomic E-state index is 14.1. The zero-order valence-corrected chi connectivity index (χ0v) is 21.7. The van der Waals surface area contributed by atoms with Crippen molar-refractivity contribution in [3.05, 3.63) is 47.5 Å². The topological polar surface area (TPSA) is 77.5 Å². The Kier molecular flexibility index (Phi) is 7.72. The van der Waals surface area contributed by atoms with Crippen LogP contribution in [0.2, 0.25) is 0 Å². The third-order valence-corrected chi connectivity index (χ3v) is 7.48. The van der Waals surface area contributed by atoms with Gasteiger partial charge in [0.25, 0.3) is 5.91 Å². The highest BCUT2D eigenvalue weighted by Gasteiger charge is 2.43. The highest BCUT2D eigenvalue weighted by Crippen LogP contribution is 2.38. The van der Waals surface area contributed by atoms with Gasteiger partial charge in [-0.25, -0.2) is 0 Å². The van der Waals surface area contributed by atoms with Gasteiger partial charge in [-0.05, 0) is 54.7 Å². The molecular formula is C29H36N2O6. The van der Waals surface area contributed by atoms with Gasteiger partial charge in [0.2, 0.25) is 12.7 Å². The zero-order chi connectivity index (χ0) is 25.8. The van der Waals surface area contributed by atoms with Crippen LogP contribution in [0.4, 0.5) is 0 Å². The van der Waals surface area contributed by atoms with E-state index in [0.717, 1.165) is 43.2 Å². The van der Waals surface area contributed by atoms with Crippen molar-refractivity contribution in [2.24, 2.45) is 0 Å². The summed E-state index contributed by atoms with van der Waals surface area (Å²) in [7, 11) is 1.59. The van der Waals surface area contributed by atoms with Crippen molar-refractivity contribution in [2.75, 3.05) is 27.1 Å². The first-order chi connectivity index (χ1) is 18.1. The molecular weight excluding hydrogens is 472 g/mol. The molecule has 8 heteroatoms. The zero-order valence-electron chi connectivity index (χ0n) is 21.7. The van der Waals surface area contributed by atoms with E-state index in [-0.39, 0.29) is 31.2 Å². The van der Waals surface area contributed by atoms with Crippen LogP contribution in [0, 0.1) is 0 Å². The fourth-order valence-electron chi connectivity index (χ4n) is 5.55. The highest BCUT2D eigenvalue weighted by molar-refractivity contribution is 5.96. The van der Waals surface area contributed by atoms with Gasteiger partial charge in [0, 0.05) is 12.6 Å². The number of fused-ring (bicyclic) bond motifs is 1. The number of carbonyl (C=O) groups is 2. The molecule has 1 saturated carbocycles. The summed E-state index contributed by atoms with van der Waals surface area (Å²) in [5.41, 5.74) is 1.60. The molecule has 198 valence electrons. The molecule has 0 bridgehead atoms. The van der Waals surface area contributed by atoms with Gasteiger partial charge >= 0.3 is 0 Å². The van der Waals surface area contributed by atoms with Crippen molar-refractivity contribution < 1.29 is 28.5 Å². The van der Waals surface area contributed by atoms with E-state index in [1.54, 1.807) is 12.0 Å². The second-order valence-corrected chi connectivity index (χ2v) is 9.98. The van der Waals surface area contributed by atoms with Crippen LogP contribution in [0.25, 0.3) is 0 Å². The number of piperazine rings is 1. The van der Waals surface area contributed by atoms with E-state index >= 15 is 0 Å². The molecule has 2 aliphatic heterocycles. The smallest absolute Gasteiger partial charge is 0.250 e. The molecule has 1 aliphatic carbocycles. The van der Waals surface area contributed by atoms with Crippen molar-refractivity contribution in [1.29, 1.82) is 0 Å². The van der Waals surface area contributed by atoms with Crippen molar-refractivity contribution in [3.63, 3.8) is 0 Å². The van der Waals surface area contributed by atoms with Gasteiger partial charge in [0.05, 0.1) is 13.7 Å². The molecule has 0 unspecified atom stereocenters. The van der Waals surface area contributed by atoms with Crippen molar-refractivity contribution in [1.82, 2.24) is 9.80 Å². The van der Waals surface area contributed by atoms with Gasteiger partial charge in [0.1, 0.15) is 12.6 Å². The Bertz CT molecular complexity index is 1130. The minimum atomic E-state index is -0.746. The minimum Gasteiger partial charge on any atom is -0.493 e. The van der Waals surface area contributed by atoms with Gasteiger partial charge in [0.15, 0.2) is 23.0 Å². The summed E-state index contributed by atoms with van der Waals surface area (Å²) in [4.78, 5) is 31.4. The summed E-state index contributed by atoms with van der Waals surface area (Å²) < 4.78 is 22.4. The van der Waals surface area contributed by atoms with E-state index in [2.05, 4.69) is 0 Å². The third-order valence-electron chi connectivity index (χ3n) is 7.48. The molecule has 2 heterocycles. The molecule has 2 aromatic carbocycles. The lowest BCUT2D eigenvalue weighted by atomic mass is 9.96. The summed E-state index contributed by atoms with van der Waals surface area (Å²) in [5.74, 6) is 2.44. The number of rotatable bonds is 8. The maximum Gasteiger partial charge on any atom is 0.250 e. The van der Waals surface area contributed by atoms with E-state index < -0.39 is 6.04 Å². The molecule has 2 fully saturated rings. The summed E-state index contributed by atoms with van der Waals surface area (Å²) >= 11 is 0. The quantitative estimate of drug-likeness (QED) is 0.475. The van der Waals surface area contributed by atoms with Crippen LogP contribution in [0.1, 0.15) is 69.0 Å². The highest BCUT2D eigenvalue weighted by atomic mass is 16.7. The SMILES string of the molecule is CCCOc1ccc([C@@H]2C(=O)N(C3CCCCCC3)CC(=O)N2Cc2ccc3c(c2)OCO3)cc1OC. The monoisotopic (exact) mass is 508 g/mol. The summed E-state index contributed by atoms with van der Waals surface area (Å²) in [6, 6.07) is 10.6. The van der Waals surface area contributed by atoms with E-state index in [4.69, 9.17) is 18.9 Å². The van der Waals surface area contributed by atoms with E-state index in [9.17, 15) is 9.59 Å². The Morgan fingerprint density at radius 1 is 0.946 bits per heavy atom. The number of methoxy groups -OCH3 is 1. The predicted molar refractivity (Wildman–Crippen MR) is 138 cm³/mol. The third kappa shape index (κ3) is 5.33. The Balaban J connectivity index is 1.49. The van der Waals surface area contributed by atoms with Crippen LogP contribution >= 0.6 is 0 Å². The van der Waals surface area contributed by atoms with E-state index in [1.165, 1.54) is 12.8 Å². The second-order valence-electron chi connectivity index (χ2n) is 9.98. The van der Waals surface area contributed by atoms with Crippen LogP contribution in [0.3, 0.4) is 0 Å². The molecule has 2 amide bonds. The Hall–Kier alpha value is -3.42. The van der Waals surface area contributed by atoms with Crippen LogP contribution in [-0.2, 0) is 16.1 Å². The van der Waals surface area contributed by atoms with Crippen LogP contribution in [-0.4, -0.2) is 54.7 Å². The Morgan fingerprint density at radius 3 is 2.49 bits per heavy atom. The second kappa shape index (κ2) is 11.3. The van der Waals surface area contributed by atoms with Crippen molar-refractivity contribution in [3.8, 4) is 23.0 Å². The first kappa shape index (κ1) is 25.2. The fraction of sp³-hybridized carbons (Fsp3) is 0.517. The van der Waals surface area contributed by atoms with Crippen LogP contribution in [0.5, 0.6) is 23.0 Å². The number of carbonyl (C=O) groups excluding carboxylic acids is 2. The number of benzene rings is 2. The summed E-state index contributed by atoms with van der Waals surface area (Å²) in [6.07, 6.45) is 7.31. The average molecular weight is 509 g/mol. The normalized spacial score (nSPS) is 20.2. The average Bonchev–Trinajstić information content (AvgIpc) is 3.21. The molecule has 0 spiro atoms. The lowest BCUT2D eigenvalue weighted by molar-refractivity contribution is -0.159. The molecule has 8 nitrogen and oxygen atoms in total. The number of hydrogen-bond donors (Lipinski definition) is 0. The maximum atomic E-state index is 14.1. The summed E-state index contributed by atoms with van der Waals surface area (Å²) in [6.45, 7) is 3.21. The number of nitrogens with zero attached hydrogens (tertiary/aromatic N) is 2. The molecule has 1 saturated heterocycles. The molecule has 0 aromatic heterocycles. The lowest BCUT2D eigenvalue weighted by Gasteiger charge is -2.43.